The average molecular weight is 211 g/mol. The van der Waals surface area contributed by atoms with Crippen molar-refractivity contribution in [3.63, 3.8) is 0 Å². The van der Waals surface area contributed by atoms with E-state index in [1.54, 1.807) is 0 Å². The lowest BCUT2D eigenvalue weighted by Gasteiger charge is -2.14. The monoisotopic (exact) mass is 211 g/mol. The highest BCUT2D eigenvalue weighted by Gasteiger charge is 2.19. The number of hydrogen-bond acceptors (Lipinski definition) is 3. The predicted molar refractivity (Wildman–Crippen MR) is 60.3 cm³/mol. The number of ether oxygens (including phenoxy) is 1. The van der Waals surface area contributed by atoms with E-state index in [1.165, 1.54) is 0 Å². The maximum atomic E-state index is 9.83. The highest BCUT2D eigenvalue weighted by molar-refractivity contribution is 6.83. The zero-order valence-electron chi connectivity index (χ0n) is 8.66. The summed E-state index contributed by atoms with van der Waals surface area (Å²) in [6.07, 6.45) is 0. The Morgan fingerprint density at radius 2 is 1.86 bits per heavy atom. The minimum Gasteiger partial charge on any atom is -0.492 e. The van der Waals surface area contributed by atoms with Gasteiger partial charge >= 0.3 is 0 Å². The number of benzene rings is 1. The van der Waals surface area contributed by atoms with Gasteiger partial charge in [0, 0.05) is 6.54 Å². The molecule has 0 aliphatic rings. The summed E-state index contributed by atoms with van der Waals surface area (Å²) in [5, 5.41) is 1.01. The Balaban J connectivity index is 2.69. The van der Waals surface area contributed by atoms with Crippen LogP contribution >= 0.6 is 0 Å². The van der Waals surface area contributed by atoms with E-state index in [0.29, 0.717) is 13.2 Å². The van der Waals surface area contributed by atoms with Gasteiger partial charge < -0.3 is 15.3 Å². The first-order valence-corrected chi connectivity index (χ1v) is 7.64. The summed E-state index contributed by atoms with van der Waals surface area (Å²) in [4.78, 5) is 9.83. The van der Waals surface area contributed by atoms with Crippen molar-refractivity contribution in [1.82, 2.24) is 0 Å². The Morgan fingerprint density at radius 3 is 2.29 bits per heavy atom. The SMILES string of the molecule is C[Si](C)(O)c1ccc(OCCN)cc1. The molecule has 3 nitrogen and oxygen atoms in total. The summed E-state index contributed by atoms with van der Waals surface area (Å²) in [6.45, 7) is 4.83. The quantitative estimate of drug-likeness (QED) is 0.710. The van der Waals surface area contributed by atoms with Crippen LogP contribution in [0.1, 0.15) is 0 Å². The predicted octanol–water partition coefficient (Wildman–Crippen LogP) is 0.428. The second kappa shape index (κ2) is 4.59. The van der Waals surface area contributed by atoms with Gasteiger partial charge in [-0.1, -0.05) is 12.1 Å². The minimum atomic E-state index is -2.17. The second-order valence-corrected chi connectivity index (χ2v) is 7.42. The average Bonchev–Trinajstić information content (AvgIpc) is 2.14. The molecule has 4 heteroatoms. The van der Waals surface area contributed by atoms with E-state index in [4.69, 9.17) is 10.5 Å². The van der Waals surface area contributed by atoms with E-state index in [-0.39, 0.29) is 0 Å². The second-order valence-electron chi connectivity index (χ2n) is 3.72. The van der Waals surface area contributed by atoms with Gasteiger partial charge in [0.05, 0.1) is 0 Å². The van der Waals surface area contributed by atoms with Gasteiger partial charge in [0.2, 0.25) is 8.32 Å². The fourth-order valence-corrected chi connectivity index (χ4v) is 2.12. The van der Waals surface area contributed by atoms with Crippen LogP contribution in [0.2, 0.25) is 13.1 Å². The van der Waals surface area contributed by atoms with Gasteiger partial charge in [-0.15, -0.1) is 0 Å². The number of hydrogen-bond donors (Lipinski definition) is 2. The van der Waals surface area contributed by atoms with Gasteiger partial charge in [0.1, 0.15) is 12.4 Å². The topological polar surface area (TPSA) is 55.5 Å². The van der Waals surface area contributed by atoms with Crippen LogP contribution in [0.5, 0.6) is 5.75 Å². The molecule has 0 spiro atoms. The lowest BCUT2D eigenvalue weighted by atomic mass is 10.3. The lowest BCUT2D eigenvalue weighted by Crippen LogP contribution is -2.41. The first-order valence-electron chi connectivity index (χ1n) is 4.70. The van der Waals surface area contributed by atoms with Crippen molar-refractivity contribution >= 4 is 13.5 Å². The molecule has 1 aromatic rings. The van der Waals surface area contributed by atoms with E-state index in [1.807, 2.05) is 37.4 Å². The Hall–Kier alpha value is -0.843. The van der Waals surface area contributed by atoms with Crippen molar-refractivity contribution in [2.75, 3.05) is 13.2 Å². The molecule has 0 unspecified atom stereocenters. The molecular weight excluding hydrogens is 194 g/mol. The Morgan fingerprint density at radius 1 is 1.29 bits per heavy atom. The van der Waals surface area contributed by atoms with Crippen LogP contribution < -0.4 is 15.7 Å². The smallest absolute Gasteiger partial charge is 0.213 e. The summed E-state index contributed by atoms with van der Waals surface area (Å²) >= 11 is 0. The Bertz CT molecular complexity index is 279. The fraction of sp³-hybridized carbons (Fsp3) is 0.400. The molecule has 1 rings (SSSR count). The molecule has 0 atom stereocenters. The van der Waals surface area contributed by atoms with Gasteiger partial charge in [-0.2, -0.15) is 0 Å². The summed E-state index contributed by atoms with van der Waals surface area (Å²) in [6, 6.07) is 7.57. The number of rotatable bonds is 4. The van der Waals surface area contributed by atoms with Gasteiger partial charge in [0.25, 0.3) is 0 Å². The maximum absolute atomic E-state index is 9.83. The van der Waals surface area contributed by atoms with E-state index in [2.05, 4.69) is 0 Å². The molecule has 0 aromatic heterocycles. The van der Waals surface area contributed by atoms with Crippen molar-refractivity contribution < 1.29 is 9.53 Å². The Labute approximate surface area is 85.6 Å². The Kier molecular flexibility index (Phi) is 3.68. The van der Waals surface area contributed by atoms with Crippen LogP contribution in [0.25, 0.3) is 0 Å². The summed E-state index contributed by atoms with van der Waals surface area (Å²) in [5.41, 5.74) is 5.32. The van der Waals surface area contributed by atoms with Crippen molar-refractivity contribution in [2.45, 2.75) is 13.1 Å². The third kappa shape index (κ3) is 3.14. The molecule has 0 heterocycles. The molecule has 0 fully saturated rings. The molecule has 0 saturated carbocycles. The van der Waals surface area contributed by atoms with Gasteiger partial charge in [-0.3, -0.25) is 0 Å². The third-order valence-corrected chi connectivity index (χ3v) is 3.69. The van der Waals surface area contributed by atoms with Gasteiger partial charge in [-0.25, -0.2) is 0 Å². The lowest BCUT2D eigenvalue weighted by molar-refractivity contribution is 0.328. The molecular formula is C10H17NO2Si. The fourth-order valence-electron chi connectivity index (χ4n) is 1.14. The molecule has 0 radical (unpaired) electrons. The first-order chi connectivity index (χ1) is 6.54. The summed E-state index contributed by atoms with van der Waals surface area (Å²) in [7, 11) is -2.17. The minimum absolute atomic E-state index is 0.516. The third-order valence-electron chi connectivity index (χ3n) is 1.95. The van der Waals surface area contributed by atoms with E-state index < -0.39 is 8.32 Å². The van der Waals surface area contributed by atoms with Crippen LogP contribution in [-0.2, 0) is 0 Å². The van der Waals surface area contributed by atoms with Crippen molar-refractivity contribution in [2.24, 2.45) is 5.73 Å². The molecule has 14 heavy (non-hydrogen) atoms. The van der Waals surface area contributed by atoms with E-state index in [0.717, 1.165) is 10.9 Å². The molecule has 0 aliphatic carbocycles. The summed E-state index contributed by atoms with van der Waals surface area (Å²) < 4.78 is 5.33. The van der Waals surface area contributed by atoms with Crippen LogP contribution in [0.3, 0.4) is 0 Å². The largest absolute Gasteiger partial charge is 0.492 e. The molecule has 0 bridgehead atoms. The zero-order chi connectivity index (χ0) is 10.6. The maximum Gasteiger partial charge on any atom is 0.213 e. The molecule has 0 aliphatic heterocycles. The van der Waals surface area contributed by atoms with Crippen LogP contribution in [0.15, 0.2) is 24.3 Å². The first kappa shape index (κ1) is 11.2. The summed E-state index contributed by atoms with van der Waals surface area (Å²) in [5.74, 6) is 0.803. The van der Waals surface area contributed by atoms with Crippen molar-refractivity contribution in [3.8, 4) is 5.75 Å². The van der Waals surface area contributed by atoms with Crippen molar-refractivity contribution in [3.05, 3.63) is 24.3 Å². The van der Waals surface area contributed by atoms with Crippen molar-refractivity contribution in [1.29, 1.82) is 0 Å². The van der Waals surface area contributed by atoms with E-state index >= 15 is 0 Å². The van der Waals surface area contributed by atoms with Crippen LogP contribution in [0.4, 0.5) is 0 Å². The molecule has 3 N–H and O–H groups in total. The van der Waals surface area contributed by atoms with Crippen LogP contribution in [0, 0.1) is 0 Å². The number of nitrogens with two attached hydrogens (primary N) is 1. The van der Waals surface area contributed by atoms with Gasteiger partial charge in [0.15, 0.2) is 0 Å². The highest BCUT2D eigenvalue weighted by Crippen LogP contribution is 2.09. The highest BCUT2D eigenvalue weighted by atomic mass is 28.4. The van der Waals surface area contributed by atoms with Gasteiger partial charge in [-0.05, 0) is 30.4 Å². The molecule has 1 aromatic carbocycles. The van der Waals surface area contributed by atoms with E-state index in [9.17, 15) is 4.80 Å². The normalized spacial score (nSPS) is 11.4. The van der Waals surface area contributed by atoms with Crippen LogP contribution in [-0.4, -0.2) is 26.3 Å². The molecule has 78 valence electrons. The zero-order valence-corrected chi connectivity index (χ0v) is 9.66. The molecule has 0 saturated heterocycles. The molecule has 0 amide bonds. The standard InChI is InChI=1S/C10H17NO2Si/c1-14(2,12)10-5-3-9(4-6-10)13-8-7-11/h3-6,12H,7-8,11H2,1-2H3.